The van der Waals surface area contributed by atoms with Crippen molar-refractivity contribution >= 4 is 21.4 Å². The van der Waals surface area contributed by atoms with Gasteiger partial charge in [0.2, 0.25) is 0 Å². The molecule has 0 bridgehead atoms. The minimum Gasteiger partial charge on any atom is -0.482 e. The maximum atomic E-state index is 12.0. The Morgan fingerprint density at radius 3 is 2.79 bits per heavy atom. The number of fused-ring (bicyclic) bond motifs is 1. The van der Waals surface area contributed by atoms with Gasteiger partial charge in [0.15, 0.2) is 16.4 Å². The largest absolute Gasteiger partial charge is 0.482 e. The summed E-state index contributed by atoms with van der Waals surface area (Å²) in [5, 5.41) is 0. The second kappa shape index (κ2) is 5.18. The van der Waals surface area contributed by atoms with E-state index in [-0.39, 0.29) is 29.7 Å². The Kier molecular flexibility index (Phi) is 3.77. The van der Waals surface area contributed by atoms with Crippen LogP contribution in [0, 0.1) is 0 Å². The highest BCUT2D eigenvalue weighted by Crippen LogP contribution is 2.34. The van der Waals surface area contributed by atoms with Crippen molar-refractivity contribution in [1.29, 1.82) is 0 Å². The summed E-state index contributed by atoms with van der Waals surface area (Å²) >= 11 is 0. The van der Waals surface area contributed by atoms with Crippen LogP contribution in [0.3, 0.4) is 0 Å². The predicted octanol–water partition coefficient (Wildman–Crippen LogP) is 0.164. The molecule has 1 aliphatic heterocycles. The average Bonchev–Trinajstić information content (AvgIpc) is 2.38. The highest BCUT2D eigenvalue weighted by molar-refractivity contribution is 7.91. The first-order valence-corrected chi connectivity index (χ1v) is 7.65. The molecule has 0 radical (unpaired) electrons. The summed E-state index contributed by atoms with van der Waals surface area (Å²) in [6.45, 7) is 2.34. The van der Waals surface area contributed by atoms with Gasteiger partial charge in [-0.05, 0) is 25.1 Å². The van der Waals surface area contributed by atoms with E-state index in [2.05, 4.69) is 0 Å². The highest BCUT2D eigenvalue weighted by atomic mass is 32.2. The van der Waals surface area contributed by atoms with Crippen LogP contribution in [0.15, 0.2) is 23.1 Å². The van der Waals surface area contributed by atoms with Gasteiger partial charge >= 0.3 is 0 Å². The molecule has 1 aliphatic rings. The Labute approximate surface area is 112 Å². The number of hydrogen-bond donors (Lipinski definition) is 1. The SMILES string of the molecule is CCN1C(=O)COc2ccc(S(=O)(=O)CCN)cc21. The van der Waals surface area contributed by atoms with E-state index >= 15 is 0 Å². The lowest BCUT2D eigenvalue weighted by Crippen LogP contribution is -2.38. The maximum Gasteiger partial charge on any atom is 0.265 e. The van der Waals surface area contributed by atoms with Gasteiger partial charge in [-0.1, -0.05) is 0 Å². The fourth-order valence-electron chi connectivity index (χ4n) is 2.00. The fraction of sp³-hybridized carbons (Fsp3) is 0.417. The number of sulfone groups is 1. The first-order valence-electron chi connectivity index (χ1n) is 5.99. The van der Waals surface area contributed by atoms with E-state index in [1.807, 2.05) is 6.92 Å². The van der Waals surface area contributed by atoms with Gasteiger partial charge in [0.25, 0.3) is 5.91 Å². The van der Waals surface area contributed by atoms with Crippen molar-refractivity contribution in [2.45, 2.75) is 11.8 Å². The number of anilines is 1. The third-order valence-electron chi connectivity index (χ3n) is 2.94. The quantitative estimate of drug-likeness (QED) is 0.851. The van der Waals surface area contributed by atoms with Gasteiger partial charge in [-0.3, -0.25) is 4.79 Å². The first kappa shape index (κ1) is 13.8. The van der Waals surface area contributed by atoms with Gasteiger partial charge in [0.1, 0.15) is 5.75 Å². The van der Waals surface area contributed by atoms with E-state index in [4.69, 9.17) is 10.5 Å². The Morgan fingerprint density at radius 1 is 1.42 bits per heavy atom. The van der Waals surface area contributed by atoms with Gasteiger partial charge in [-0.15, -0.1) is 0 Å². The Hall–Kier alpha value is -1.60. The van der Waals surface area contributed by atoms with Gasteiger partial charge in [0, 0.05) is 13.1 Å². The lowest BCUT2D eigenvalue weighted by Gasteiger charge is -2.28. The van der Waals surface area contributed by atoms with Crippen LogP contribution in [-0.2, 0) is 14.6 Å². The summed E-state index contributed by atoms with van der Waals surface area (Å²) < 4.78 is 29.2. The molecule has 6 nitrogen and oxygen atoms in total. The van der Waals surface area contributed by atoms with Crippen molar-refractivity contribution in [2.24, 2.45) is 5.73 Å². The first-order chi connectivity index (χ1) is 8.99. The molecular weight excluding hydrogens is 268 g/mol. The maximum absolute atomic E-state index is 12.0. The van der Waals surface area contributed by atoms with Gasteiger partial charge in [0.05, 0.1) is 16.3 Å². The molecule has 0 atom stereocenters. The normalized spacial score (nSPS) is 15.1. The van der Waals surface area contributed by atoms with Crippen LogP contribution in [0.2, 0.25) is 0 Å². The van der Waals surface area contributed by atoms with E-state index < -0.39 is 9.84 Å². The van der Waals surface area contributed by atoms with Crippen LogP contribution in [0.25, 0.3) is 0 Å². The zero-order valence-corrected chi connectivity index (χ0v) is 11.4. The molecule has 0 spiro atoms. The number of nitrogens with two attached hydrogens (primary N) is 1. The van der Waals surface area contributed by atoms with Crippen molar-refractivity contribution in [3.63, 3.8) is 0 Å². The van der Waals surface area contributed by atoms with Crippen LogP contribution in [-0.4, -0.2) is 39.8 Å². The van der Waals surface area contributed by atoms with E-state index in [0.29, 0.717) is 18.0 Å². The predicted molar refractivity (Wildman–Crippen MR) is 71.1 cm³/mol. The second-order valence-electron chi connectivity index (χ2n) is 4.16. The molecule has 2 N–H and O–H groups in total. The number of ether oxygens (including phenoxy) is 1. The molecule has 7 heteroatoms. The van der Waals surface area contributed by atoms with E-state index in [1.54, 1.807) is 6.07 Å². The van der Waals surface area contributed by atoms with Crippen molar-refractivity contribution in [3.05, 3.63) is 18.2 Å². The molecule has 1 heterocycles. The molecule has 19 heavy (non-hydrogen) atoms. The molecule has 0 saturated carbocycles. The second-order valence-corrected chi connectivity index (χ2v) is 6.27. The van der Waals surface area contributed by atoms with Crippen molar-refractivity contribution in [3.8, 4) is 5.75 Å². The van der Waals surface area contributed by atoms with Crippen molar-refractivity contribution < 1.29 is 17.9 Å². The summed E-state index contributed by atoms with van der Waals surface area (Å²) in [5.74, 6) is 0.226. The summed E-state index contributed by atoms with van der Waals surface area (Å²) in [5.41, 5.74) is 5.79. The zero-order valence-electron chi connectivity index (χ0n) is 10.6. The minimum atomic E-state index is -3.41. The van der Waals surface area contributed by atoms with E-state index in [1.165, 1.54) is 17.0 Å². The molecule has 1 aromatic rings. The number of carbonyl (C=O) groups excluding carboxylic acids is 1. The minimum absolute atomic E-state index is 0.0181. The van der Waals surface area contributed by atoms with Crippen molar-refractivity contribution in [2.75, 3.05) is 30.3 Å². The molecule has 1 aromatic carbocycles. The van der Waals surface area contributed by atoms with Crippen molar-refractivity contribution in [1.82, 2.24) is 0 Å². The third-order valence-corrected chi connectivity index (χ3v) is 4.68. The number of benzene rings is 1. The van der Waals surface area contributed by atoms with Crippen LogP contribution in [0.4, 0.5) is 5.69 Å². The topological polar surface area (TPSA) is 89.7 Å². The van der Waals surface area contributed by atoms with Gasteiger partial charge < -0.3 is 15.4 Å². The Balaban J connectivity index is 2.48. The molecule has 104 valence electrons. The Morgan fingerprint density at radius 2 is 2.16 bits per heavy atom. The number of nitrogens with zero attached hydrogens (tertiary/aromatic N) is 1. The molecular formula is C12H16N2O4S. The molecule has 0 saturated heterocycles. The summed E-state index contributed by atoms with van der Waals surface area (Å²) in [4.78, 5) is 13.4. The standard InChI is InChI=1S/C12H16N2O4S/c1-2-14-10-7-9(19(16,17)6-5-13)3-4-11(10)18-8-12(14)15/h3-4,7H,2,5-6,8,13H2,1H3. The van der Waals surface area contributed by atoms with Crippen LogP contribution < -0.4 is 15.4 Å². The monoisotopic (exact) mass is 284 g/mol. The van der Waals surface area contributed by atoms with E-state index in [9.17, 15) is 13.2 Å². The molecule has 0 unspecified atom stereocenters. The highest BCUT2D eigenvalue weighted by Gasteiger charge is 2.26. The number of amides is 1. The van der Waals surface area contributed by atoms with Gasteiger partial charge in [-0.2, -0.15) is 0 Å². The number of carbonyl (C=O) groups is 1. The summed E-state index contributed by atoms with van der Waals surface area (Å²) in [7, 11) is -3.41. The number of hydrogen-bond acceptors (Lipinski definition) is 5. The molecule has 1 amide bonds. The molecule has 0 aliphatic carbocycles. The zero-order chi connectivity index (χ0) is 14.0. The smallest absolute Gasteiger partial charge is 0.265 e. The molecule has 2 rings (SSSR count). The van der Waals surface area contributed by atoms with Crippen LogP contribution in [0.1, 0.15) is 6.92 Å². The van der Waals surface area contributed by atoms with Crippen LogP contribution >= 0.6 is 0 Å². The average molecular weight is 284 g/mol. The molecule has 0 fully saturated rings. The Bertz CT molecular complexity index is 598. The number of rotatable bonds is 4. The summed E-state index contributed by atoms with van der Waals surface area (Å²) in [6.07, 6.45) is 0. The van der Waals surface area contributed by atoms with Gasteiger partial charge in [-0.25, -0.2) is 8.42 Å². The van der Waals surface area contributed by atoms with E-state index in [0.717, 1.165) is 0 Å². The lowest BCUT2D eigenvalue weighted by molar-refractivity contribution is -0.121. The molecule has 0 aromatic heterocycles. The third kappa shape index (κ3) is 2.57. The summed E-state index contributed by atoms with van der Waals surface area (Å²) in [6, 6.07) is 4.53. The lowest BCUT2D eigenvalue weighted by atomic mass is 10.2. The fourth-order valence-corrected chi connectivity index (χ4v) is 3.11. The van der Waals surface area contributed by atoms with Crippen LogP contribution in [0.5, 0.6) is 5.75 Å². The number of likely N-dealkylation sites (N-methyl/N-ethyl adjacent to an activating group) is 1.